The summed E-state index contributed by atoms with van der Waals surface area (Å²) in [7, 11) is 1.51. The molecule has 2 aromatic carbocycles. The van der Waals surface area contributed by atoms with Gasteiger partial charge in [-0.05, 0) is 36.8 Å². The minimum absolute atomic E-state index is 0.0106. The number of benzene rings is 2. The molecule has 0 aliphatic carbocycles. The summed E-state index contributed by atoms with van der Waals surface area (Å²) in [6.07, 6.45) is 0.475. The molecule has 2 aromatic rings. The quantitative estimate of drug-likeness (QED) is 0.191. The zero-order valence-corrected chi connectivity index (χ0v) is 18.1. The normalized spacial score (nSPS) is 12.5. The van der Waals surface area contributed by atoms with E-state index in [9.17, 15) is 29.3 Å². The van der Waals surface area contributed by atoms with Gasteiger partial charge in [0.15, 0.2) is 6.61 Å². The first-order valence-electron chi connectivity index (χ1n) is 9.63. The van der Waals surface area contributed by atoms with Gasteiger partial charge in [-0.1, -0.05) is 11.6 Å². The summed E-state index contributed by atoms with van der Waals surface area (Å²) in [6.45, 7) is -0.109. The fraction of sp³-hybridized carbons (Fsp3) is 0.238. The maximum absolute atomic E-state index is 12.5. The first-order valence-corrected chi connectivity index (χ1v) is 10.0. The summed E-state index contributed by atoms with van der Waals surface area (Å²) >= 11 is 5.72. The number of hydrogen-bond acceptors (Lipinski definition) is 8. The van der Waals surface area contributed by atoms with Crippen LogP contribution in [-0.4, -0.2) is 60.4 Å². The minimum Gasteiger partial charge on any atom is -0.452 e. The molecule has 0 unspecified atom stereocenters. The number of ether oxygens (including phenoxy) is 2. The molecule has 172 valence electrons. The van der Waals surface area contributed by atoms with Gasteiger partial charge < -0.3 is 14.8 Å². The summed E-state index contributed by atoms with van der Waals surface area (Å²) in [4.78, 5) is 60.6. The Bertz CT molecular complexity index is 1150. The van der Waals surface area contributed by atoms with E-state index in [1.165, 1.54) is 37.4 Å². The van der Waals surface area contributed by atoms with Crippen molar-refractivity contribution in [3.05, 3.63) is 68.2 Å². The van der Waals surface area contributed by atoms with Gasteiger partial charge in [0.25, 0.3) is 23.4 Å². The van der Waals surface area contributed by atoms with Crippen molar-refractivity contribution < 1.29 is 33.6 Å². The van der Waals surface area contributed by atoms with E-state index in [0.29, 0.717) is 13.0 Å². The van der Waals surface area contributed by atoms with Crippen molar-refractivity contribution in [2.24, 2.45) is 0 Å². The molecule has 1 aliphatic heterocycles. The van der Waals surface area contributed by atoms with Gasteiger partial charge in [0.2, 0.25) is 0 Å². The number of anilines is 1. The Morgan fingerprint density at radius 2 is 1.85 bits per heavy atom. The number of rotatable bonds is 9. The Balaban J connectivity index is 1.61. The number of methoxy groups -OCH3 is 1. The second-order valence-corrected chi connectivity index (χ2v) is 7.32. The van der Waals surface area contributed by atoms with Crippen molar-refractivity contribution in [1.82, 2.24) is 4.90 Å². The number of fused-ring (bicyclic) bond motifs is 1. The fourth-order valence-corrected chi connectivity index (χ4v) is 3.32. The third kappa shape index (κ3) is 5.33. The van der Waals surface area contributed by atoms with Crippen LogP contribution in [-0.2, 0) is 14.3 Å². The Labute approximate surface area is 192 Å². The average Bonchev–Trinajstić information content (AvgIpc) is 3.03. The molecule has 0 aromatic heterocycles. The molecule has 33 heavy (non-hydrogen) atoms. The molecule has 1 aliphatic rings. The SMILES string of the molecule is COCCCN1C(=O)c2ccc(C(=O)OCC(=O)Nc3ccc(Cl)c([N+](=O)[O-])c3)cc2C1=O. The first-order chi connectivity index (χ1) is 15.7. The number of nitro benzene ring substituents is 1. The van der Waals surface area contributed by atoms with E-state index in [2.05, 4.69) is 5.32 Å². The molecule has 0 fully saturated rings. The maximum atomic E-state index is 12.5. The summed E-state index contributed by atoms with van der Waals surface area (Å²) in [5.74, 6) is -2.60. The third-order valence-corrected chi connectivity index (χ3v) is 5.02. The predicted octanol–water partition coefficient (Wildman–Crippen LogP) is 2.68. The molecule has 1 heterocycles. The second-order valence-electron chi connectivity index (χ2n) is 6.92. The zero-order valence-electron chi connectivity index (χ0n) is 17.3. The maximum Gasteiger partial charge on any atom is 0.338 e. The minimum atomic E-state index is -0.881. The molecule has 0 saturated heterocycles. The van der Waals surface area contributed by atoms with Crippen LogP contribution in [0.1, 0.15) is 37.5 Å². The lowest BCUT2D eigenvalue weighted by molar-refractivity contribution is -0.384. The molecule has 11 nitrogen and oxygen atoms in total. The van der Waals surface area contributed by atoms with Crippen LogP contribution in [0.25, 0.3) is 0 Å². The van der Waals surface area contributed by atoms with E-state index >= 15 is 0 Å². The molecule has 12 heteroatoms. The Kier molecular flexibility index (Phi) is 7.36. The number of carbonyl (C=O) groups excluding carboxylic acids is 4. The van der Waals surface area contributed by atoms with Crippen LogP contribution in [0.15, 0.2) is 36.4 Å². The summed E-state index contributed by atoms with van der Waals surface area (Å²) < 4.78 is 9.88. The molecule has 0 saturated carbocycles. The lowest BCUT2D eigenvalue weighted by atomic mass is 10.1. The molecule has 3 rings (SSSR count). The zero-order chi connectivity index (χ0) is 24.1. The van der Waals surface area contributed by atoms with Gasteiger partial charge >= 0.3 is 5.97 Å². The monoisotopic (exact) mass is 475 g/mol. The summed E-state index contributed by atoms with van der Waals surface area (Å²) in [5, 5.41) is 13.2. The van der Waals surface area contributed by atoms with Gasteiger partial charge in [-0.25, -0.2) is 4.79 Å². The van der Waals surface area contributed by atoms with Crippen LogP contribution in [0.2, 0.25) is 5.02 Å². The number of nitro groups is 1. The highest BCUT2D eigenvalue weighted by Crippen LogP contribution is 2.27. The smallest absolute Gasteiger partial charge is 0.338 e. The fourth-order valence-electron chi connectivity index (χ4n) is 3.13. The number of imide groups is 1. The lowest BCUT2D eigenvalue weighted by Crippen LogP contribution is -2.31. The van der Waals surface area contributed by atoms with E-state index in [1.54, 1.807) is 0 Å². The second kappa shape index (κ2) is 10.2. The van der Waals surface area contributed by atoms with Gasteiger partial charge in [0.05, 0.1) is 21.6 Å². The molecule has 0 atom stereocenters. The van der Waals surface area contributed by atoms with Gasteiger partial charge in [-0.15, -0.1) is 0 Å². The number of nitrogens with one attached hydrogen (secondary N) is 1. The van der Waals surface area contributed by atoms with Crippen LogP contribution < -0.4 is 5.32 Å². The highest BCUT2D eigenvalue weighted by Gasteiger charge is 2.35. The molecule has 0 spiro atoms. The number of hydrogen-bond donors (Lipinski definition) is 1. The molecular formula is C21H18ClN3O8. The van der Waals surface area contributed by atoms with E-state index in [1.807, 2.05) is 0 Å². The number of amides is 3. The molecule has 0 radical (unpaired) electrons. The molecule has 0 bridgehead atoms. The topological polar surface area (TPSA) is 145 Å². The van der Waals surface area contributed by atoms with Crippen molar-refractivity contribution in [2.45, 2.75) is 6.42 Å². The summed E-state index contributed by atoms with van der Waals surface area (Å²) in [5.41, 5.74) is -0.0492. The van der Waals surface area contributed by atoms with Crippen molar-refractivity contribution in [3.8, 4) is 0 Å². The van der Waals surface area contributed by atoms with Crippen LogP contribution in [0.3, 0.4) is 0 Å². The predicted molar refractivity (Wildman–Crippen MR) is 115 cm³/mol. The highest BCUT2D eigenvalue weighted by atomic mass is 35.5. The van der Waals surface area contributed by atoms with E-state index < -0.39 is 35.2 Å². The Morgan fingerprint density at radius 1 is 1.12 bits per heavy atom. The van der Waals surface area contributed by atoms with Crippen molar-refractivity contribution in [1.29, 1.82) is 0 Å². The van der Waals surface area contributed by atoms with Crippen LogP contribution >= 0.6 is 11.6 Å². The number of carbonyl (C=O) groups is 4. The van der Waals surface area contributed by atoms with E-state index in [-0.39, 0.29) is 39.6 Å². The molecule has 3 amide bonds. The van der Waals surface area contributed by atoms with Crippen LogP contribution in [0.5, 0.6) is 0 Å². The van der Waals surface area contributed by atoms with E-state index in [4.69, 9.17) is 21.1 Å². The third-order valence-electron chi connectivity index (χ3n) is 4.70. The van der Waals surface area contributed by atoms with Gasteiger partial charge in [0, 0.05) is 32.0 Å². The number of esters is 1. The first kappa shape index (κ1) is 23.8. The van der Waals surface area contributed by atoms with Crippen molar-refractivity contribution >= 4 is 46.7 Å². The van der Waals surface area contributed by atoms with Gasteiger partial charge in [0.1, 0.15) is 5.02 Å². The highest BCUT2D eigenvalue weighted by molar-refractivity contribution is 6.32. The van der Waals surface area contributed by atoms with Gasteiger partial charge in [-0.2, -0.15) is 0 Å². The largest absolute Gasteiger partial charge is 0.452 e. The van der Waals surface area contributed by atoms with E-state index in [0.717, 1.165) is 11.0 Å². The van der Waals surface area contributed by atoms with Crippen LogP contribution in [0, 0.1) is 10.1 Å². The van der Waals surface area contributed by atoms with Gasteiger partial charge in [-0.3, -0.25) is 29.4 Å². The standard InChI is InChI=1S/C21H18ClN3O8/c1-32-8-2-7-24-19(27)14-5-3-12(9-15(14)20(24)28)21(29)33-11-18(26)23-13-4-6-16(22)17(10-13)25(30)31/h3-6,9-10H,2,7-8,11H2,1H3,(H,23,26). The summed E-state index contributed by atoms with van der Waals surface area (Å²) in [6, 6.07) is 7.61. The molecule has 1 N–H and O–H groups in total. The Morgan fingerprint density at radius 3 is 2.55 bits per heavy atom. The van der Waals surface area contributed by atoms with Crippen LogP contribution in [0.4, 0.5) is 11.4 Å². The van der Waals surface area contributed by atoms with Crippen molar-refractivity contribution in [2.75, 3.05) is 32.2 Å². The lowest BCUT2D eigenvalue weighted by Gasteiger charge is -2.12. The number of nitrogens with zero attached hydrogens (tertiary/aromatic N) is 2. The molecular weight excluding hydrogens is 458 g/mol. The van der Waals surface area contributed by atoms with Crippen molar-refractivity contribution in [3.63, 3.8) is 0 Å². The number of halogens is 1. The Hall–Kier alpha value is -3.83. The average molecular weight is 476 g/mol.